The van der Waals surface area contributed by atoms with Crippen molar-refractivity contribution >= 4 is 19.9 Å². The summed E-state index contributed by atoms with van der Waals surface area (Å²) in [5, 5.41) is 7.65. The van der Waals surface area contributed by atoms with Crippen LogP contribution in [-0.2, 0) is 19.9 Å². The van der Waals surface area contributed by atoms with Crippen molar-refractivity contribution < 1.29 is 21.9 Å². The molecule has 0 fully saturated rings. The van der Waals surface area contributed by atoms with Gasteiger partial charge in [0.2, 0.25) is 10.0 Å². The Bertz CT molecular complexity index is 740. The SMILES string of the molecule is CC(NS(=O)(=O)CS(C)(=O)=O)c1ccc(C#CCO)cc1. The molecule has 21 heavy (non-hydrogen) atoms. The van der Waals surface area contributed by atoms with Gasteiger partial charge in [0.25, 0.3) is 0 Å². The Kier molecular flexibility index (Phi) is 5.92. The molecule has 116 valence electrons. The lowest BCUT2D eigenvalue weighted by Crippen LogP contribution is -2.31. The minimum absolute atomic E-state index is 0.233. The molecule has 0 bridgehead atoms. The Morgan fingerprint density at radius 3 is 2.24 bits per heavy atom. The van der Waals surface area contributed by atoms with Gasteiger partial charge in [0.1, 0.15) is 6.61 Å². The van der Waals surface area contributed by atoms with Gasteiger partial charge in [-0.05, 0) is 24.6 Å². The normalized spacial score (nSPS) is 13.3. The average molecular weight is 331 g/mol. The standard InChI is InChI=1S/C13H17NO5S2/c1-11(14-21(18,19)10-20(2,16)17)13-7-5-12(6-8-13)4-3-9-15/h5-8,11,14-15H,9-10H2,1-2H3. The van der Waals surface area contributed by atoms with Crippen molar-refractivity contribution in [2.75, 3.05) is 17.9 Å². The van der Waals surface area contributed by atoms with Crippen molar-refractivity contribution in [3.63, 3.8) is 0 Å². The van der Waals surface area contributed by atoms with E-state index in [1.165, 1.54) is 0 Å². The number of hydrogen-bond acceptors (Lipinski definition) is 5. The number of sulfonamides is 1. The number of sulfone groups is 1. The number of nitrogens with one attached hydrogen (secondary N) is 1. The lowest BCUT2D eigenvalue weighted by Gasteiger charge is -2.14. The van der Waals surface area contributed by atoms with E-state index in [1.807, 2.05) is 0 Å². The number of benzene rings is 1. The van der Waals surface area contributed by atoms with Crippen molar-refractivity contribution in [1.82, 2.24) is 4.72 Å². The van der Waals surface area contributed by atoms with Crippen LogP contribution in [0.1, 0.15) is 24.1 Å². The lowest BCUT2D eigenvalue weighted by molar-refractivity contribution is 0.350. The van der Waals surface area contributed by atoms with Gasteiger partial charge in [0, 0.05) is 17.9 Å². The second-order valence-electron chi connectivity index (χ2n) is 4.58. The zero-order valence-electron chi connectivity index (χ0n) is 11.7. The van der Waals surface area contributed by atoms with Gasteiger partial charge in [-0.15, -0.1) is 0 Å². The number of aliphatic hydroxyl groups is 1. The molecule has 8 heteroatoms. The fraction of sp³-hybridized carbons (Fsp3) is 0.385. The second kappa shape index (κ2) is 7.04. The maximum Gasteiger partial charge on any atom is 0.226 e. The molecular formula is C13H17NO5S2. The lowest BCUT2D eigenvalue weighted by atomic mass is 10.1. The molecule has 0 spiro atoms. The molecule has 1 atom stereocenters. The van der Waals surface area contributed by atoms with Crippen LogP contribution in [0.15, 0.2) is 24.3 Å². The van der Waals surface area contributed by atoms with E-state index in [4.69, 9.17) is 5.11 Å². The van der Waals surface area contributed by atoms with E-state index < -0.39 is 31.0 Å². The monoisotopic (exact) mass is 331 g/mol. The van der Waals surface area contributed by atoms with Crippen molar-refractivity contribution in [3.8, 4) is 11.8 Å². The first-order valence-electron chi connectivity index (χ1n) is 6.00. The maximum atomic E-state index is 11.7. The van der Waals surface area contributed by atoms with E-state index in [2.05, 4.69) is 16.6 Å². The minimum Gasteiger partial charge on any atom is -0.384 e. The molecule has 1 unspecified atom stereocenters. The summed E-state index contributed by atoms with van der Waals surface area (Å²) in [6.07, 6.45) is 0.867. The fourth-order valence-electron chi connectivity index (χ4n) is 1.65. The summed E-state index contributed by atoms with van der Waals surface area (Å²) in [7, 11) is -7.53. The predicted octanol–water partition coefficient (Wildman–Crippen LogP) is 0.0129. The summed E-state index contributed by atoms with van der Waals surface area (Å²) in [5.41, 5.74) is 1.38. The van der Waals surface area contributed by atoms with Crippen molar-refractivity contribution in [2.45, 2.75) is 13.0 Å². The highest BCUT2D eigenvalue weighted by Crippen LogP contribution is 2.14. The van der Waals surface area contributed by atoms with Gasteiger partial charge in [-0.25, -0.2) is 21.6 Å². The highest BCUT2D eigenvalue weighted by atomic mass is 32.3. The van der Waals surface area contributed by atoms with E-state index in [0.29, 0.717) is 11.1 Å². The summed E-state index contributed by atoms with van der Waals surface area (Å²) >= 11 is 0. The maximum absolute atomic E-state index is 11.7. The van der Waals surface area contributed by atoms with Crippen molar-refractivity contribution in [2.24, 2.45) is 0 Å². The number of hydrogen-bond donors (Lipinski definition) is 2. The van der Waals surface area contributed by atoms with Gasteiger partial charge < -0.3 is 5.11 Å². The molecule has 0 heterocycles. The van der Waals surface area contributed by atoms with E-state index >= 15 is 0 Å². The van der Waals surface area contributed by atoms with Gasteiger partial charge in [0.05, 0.1) is 0 Å². The summed E-state index contributed by atoms with van der Waals surface area (Å²) in [5.74, 6) is 5.23. The Balaban J connectivity index is 2.82. The molecule has 0 aliphatic carbocycles. The molecule has 0 saturated heterocycles. The van der Waals surface area contributed by atoms with Crippen LogP contribution >= 0.6 is 0 Å². The van der Waals surface area contributed by atoms with Crippen LogP contribution in [0.5, 0.6) is 0 Å². The van der Waals surface area contributed by atoms with E-state index in [9.17, 15) is 16.8 Å². The number of rotatable bonds is 5. The molecule has 0 radical (unpaired) electrons. The second-order valence-corrected chi connectivity index (χ2v) is 8.84. The quantitative estimate of drug-likeness (QED) is 0.741. The molecule has 0 aliphatic heterocycles. The Morgan fingerprint density at radius 2 is 1.76 bits per heavy atom. The summed E-state index contributed by atoms with van der Waals surface area (Å²) in [6.45, 7) is 1.39. The molecule has 6 nitrogen and oxygen atoms in total. The van der Waals surface area contributed by atoms with Crippen LogP contribution in [0.3, 0.4) is 0 Å². The zero-order chi connectivity index (χ0) is 16.1. The Hall–Kier alpha value is -1.40. The van der Waals surface area contributed by atoms with Crippen LogP contribution in [0.2, 0.25) is 0 Å². The van der Waals surface area contributed by atoms with Crippen LogP contribution in [0, 0.1) is 11.8 Å². The predicted molar refractivity (Wildman–Crippen MR) is 80.6 cm³/mol. The molecule has 0 aromatic heterocycles. The molecule has 2 N–H and O–H groups in total. The summed E-state index contributed by atoms with van der Waals surface area (Å²) in [4.78, 5) is 0. The van der Waals surface area contributed by atoms with Crippen molar-refractivity contribution in [1.29, 1.82) is 0 Å². The largest absolute Gasteiger partial charge is 0.384 e. The van der Waals surface area contributed by atoms with Gasteiger partial charge in [-0.3, -0.25) is 0 Å². The topological polar surface area (TPSA) is 101 Å². The molecule has 1 aromatic carbocycles. The molecule has 0 aliphatic rings. The Morgan fingerprint density at radius 1 is 1.19 bits per heavy atom. The first kappa shape index (κ1) is 17.7. The van der Waals surface area contributed by atoms with Crippen LogP contribution in [0.4, 0.5) is 0 Å². The van der Waals surface area contributed by atoms with Crippen LogP contribution in [0.25, 0.3) is 0 Å². The molecular weight excluding hydrogens is 314 g/mol. The van der Waals surface area contributed by atoms with Gasteiger partial charge in [-0.1, -0.05) is 24.0 Å². The highest BCUT2D eigenvalue weighted by molar-refractivity contribution is 8.06. The van der Waals surface area contributed by atoms with E-state index in [1.54, 1.807) is 31.2 Å². The van der Waals surface area contributed by atoms with Crippen molar-refractivity contribution in [3.05, 3.63) is 35.4 Å². The van der Waals surface area contributed by atoms with Gasteiger partial charge in [-0.2, -0.15) is 0 Å². The summed E-state index contributed by atoms with van der Waals surface area (Å²) in [6, 6.07) is 6.21. The zero-order valence-corrected chi connectivity index (χ0v) is 13.3. The van der Waals surface area contributed by atoms with Gasteiger partial charge in [0.15, 0.2) is 14.9 Å². The molecule has 0 saturated carbocycles. The highest BCUT2D eigenvalue weighted by Gasteiger charge is 2.21. The smallest absolute Gasteiger partial charge is 0.226 e. The third kappa shape index (κ3) is 6.73. The van der Waals surface area contributed by atoms with E-state index in [0.717, 1.165) is 6.26 Å². The van der Waals surface area contributed by atoms with E-state index in [-0.39, 0.29) is 6.61 Å². The van der Waals surface area contributed by atoms with Crippen LogP contribution < -0.4 is 4.72 Å². The Labute approximate surface area is 125 Å². The third-order valence-corrected chi connectivity index (χ3v) is 6.11. The van der Waals surface area contributed by atoms with Gasteiger partial charge >= 0.3 is 0 Å². The molecule has 1 rings (SSSR count). The average Bonchev–Trinajstić information content (AvgIpc) is 2.33. The first-order valence-corrected chi connectivity index (χ1v) is 9.72. The minimum atomic E-state index is -3.91. The van der Waals surface area contributed by atoms with Crippen LogP contribution in [-0.4, -0.2) is 39.9 Å². The third-order valence-electron chi connectivity index (χ3n) is 2.45. The number of aliphatic hydroxyl groups excluding tert-OH is 1. The fourth-order valence-corrected chi connectivity index (χ4v) is 4.85. The molecule has 1 aromatic rings. The molecule has 0 amide bonds. The first-order chi connectivity index (χ1) is 9.63. The summed E-state index contributed by atoms with van der Waals surface area (Å²) < 4.78 is 47.8.